The highest BCUT2D eigenvalue weighted by Gasteiger charge is 2.17. The van der Waals surface area contributed by atoms with Crippen LogP contribution in [0.1, 0.15) is 21.5 Å². The van der Waals surface area contributed by atoms with Gasteiger partial charge in [0.1, 0.15) is 0 Å². The summed E-state index contributed by atoms with van der Waals surface area (Å²) in [5.74, 6) is -0.372. The number of rotatable bonds is 7. The summed E-state index contributed by atoms with van der Waals surface area (Å²) in [5.41, 5.74) is 4.97. The smallest absolute Gasteiger partial charge is 0.267 e. The van der Waals surface area contributed by atoms with Crippen LogP contribution in [0.5, 0.6) is 0 Å². The third-order valence-electron chi connectivity index (χ3n) is 4.22. The number of sulfonamides is 1. The Morgan fingerprint density at radius 1 is 1.03 bits per heavy atom. The highest BCUT2D eigenvalue weighted by atomic mass is 35.5. The number of anilines is 1. The minimum absolute atomic E-state index is 0.164. The zero-order valence-electron chi connectivity index (χ0n) is 16.2. The fourth-order valence-corrected chi connectivity index (χ4v) is 3.83. The lowest BCUT2D eigenvalue weighted by Gasteiger charge is -2.22. The predicted octanol–water partition coefficient (Wildman–Crippen LogP) is 4.07. The van der Waals surface area contributed by atoms with Crippen LogP contribution < -0.4 is 9.73 Å². The molecule has 3 rings (SSSR count). The standard InChI is InChI=1S/C22H20ClN3O3S/c1-30(28,29)26(21-8-3-2-4-9-21)16-17-10-12-19(13-11-17)22(27)25-24-15-18-6-5-7-20(23)14-18/h2-15H,16H2,1H3,(H,25,27)/b24-15+. The zero-order chi connectivity index (χ0) is 21.6. The fourth-order valence-electron chi connectivity index (χ4n) is 2.74. The summed E-state index contributed by atoms with van der Waals surface area (Å²) >= 11 is 5.91. The zero-order valence-corrected chi connectivity index (χ0v) is 17.8. The molecule has 0 aliphatic carbocycles. The van der Waals surface area contributed by atoms with Crippen LogP contribution in [0.2, 0.25) is 5.02 Å². The molecule has 3 aromatic carbocycles. The van der Waals surface area contributed by atoms with Crippen molar-refractivity contribution in [3.8, 4) is 0 Å². The first kappa shape index (κ1) is 21.5. The predicted molar refractivity (Wildman–Crippen MR) is 120 cm³/mol. The number of hydrazone groups is 1. The minimum atomic E-state index is -3.46. The Morgan fingerprint density at radius 2 is 1.73 bits per heavy atom. The number of nitrogens with one attached hydrogen (secondary N) is 1. The molecule has 0 aliphatic rings. The highest BCUT2D eigenvalue weighted by molar-refractivity contribution is 7.92. The number of amides is 1. The third kappa shape index (κ3) is 5.92. The molecule has 8 heteroatoms. The molecule has 0 unspecified atom stereocenters. The van der Waals surface area contributed by atoms with Crippen LogP contribution in [-0.4, -0.2) is 26.8 Å². The summed E-state index contributed by atoms with van der Waals surface area (Å²) in [7, 11) is -3.46. The van der Waals surface area contributed by atoms with Crippen LogP contribution in [-0.2, 0) is 16.6 Å². The number of carbonyl (C=O) groups is 1. The van der Waals surface area contributed by atoms with Gasteiger partial charge in [0, 0.05) is 10.6 Å². The maximum absolute atomic E-state index is 12.3. The van der Waals surface area contributed by atoms with Gasteiger partial charge in [0.05, 0.1) is 24.7 Å². The summed E-state index contributed by atoms with van der Waals surface area (Å²) in [5, 5.41) is 4.51. The van der Waals surface area contributed by atoms with E-state index in [4.69, 9.17) is 11.6 Å². The first-order chi connectivity index (χ1) is 14.3. The summed E-state index contributed by atoms with van der Waals surface area (Å²) in [6.45, 7) is 0.164. The first-order valence-corrected chi connectivity index (χ1v) is 11.3. The Morgan fingerprint density at radius 3 is 2.37 bits per heavy atom. The molecule has 1 amide bonds. The van der Waals surface area contributed by atoms with E-state index >= 15 is 0 Å². The summed E-state index contributed by atoms with van der Waals surface area (Å²) in [6.07, 6.45) is 2.67. The van der Waals surface area contributed by atoms with Crippen molar-refractivity contribution in [3.05, 3.63) is 101 Å². The second-order valence-electron chi connectivity index (χ2n) is 6.56. The van der Waals surface area contributed by atoms with Crippen molar-refractivity contribution in [1.29, 1.82) is 0 Å². The van der Waals surface area contributed by atoms with Gasteiger partial charge in [-0.2, -0.15) is 5.10 Å². The molecule has 6 nitrogen and oxygen atoms in total. The molecule has 154 valence electrons. The molecule has 0 atom stereocenters. The fraction of sp³-hybridized carbons (Fsp3) is 0.0909. The number of nitrogens with zero attached hydrogens (tertiary/aromatic N) is 2. The van der Waals surface area contributed by atoms with E-state index in [9.17, 15) is 13.2 Å². The van der Waals surface area contributed by atoms with Gasteiger partial charge in [0.25, 0.3) is 5.91 Å². The van der Waals surface area contributed by atoms with E-state index in [1.807, 2.05) is 12.1 Å². The third-order valence-corrected chi connectivity index (χ3v) is 5.59. The number of benzene rings is 3. The lowest BCUT2D eigenvalue weighted by Crippen LogP contribution is -2.29. The maximum Gasteiger partial charge on any atom is 0.271 e. The van der Waals surface area contributed by atoms with Gasteiger partial charge in [-0.15, -0.1) is 0 Å². The van der Waals surface area contributed by atoms with Crippen LogP contribution in [0, 0.1) is 0 Å². The van der Waals surface area contributed by atoms with Crippen LogP contribution in [0.15, 0.2) is 84.0 Å². The molecule has 1 N–H and O–H groups in total. The highest BCUT2D eigenvalue weighted by Crippen LogP contribution is 2.20. The SMILES string of the molecule is CS(=O)(=O)N(Cc1ccc(C(=O)N/N=C/c2cccc(Cl)c2)cc1)c1ccccc1. The van der Waals surface area contributed by atoms with E-state index in [2.05, 4.69) is 10.5 Å². The van der Waals surface area contributed by atoms with E-state index in [0.717, 1.165) is 11.1 Å². The first-order valence-electron chi connectivity index (χ1n) is 9.03. The Balaban J connectivity index is 1.67. The molecule has 30 heavy (non-hydrogen) atoms. The van der Waals surface area contributed by atoms with Crippen molar-refractivity contribution in [1.82, 2.24) is 5.43 Å². The van der Waals surface area contributed by atoms with Gasteiger partial charge in [0.2, 0.25) is 10.0 Å². The number of carbonyl (C=O) groups excluding carboxylic acids is 1. The minimum Gasteiger partial charge on any atom is -0.267 e. The molecular formula is C22H20ClN3O3S. The van der Waals surface area contributed by atoms with Gasteiger partial charge in [0.15, 0.2) is 0 Å². The largest absolute Gasteiger partial charge is 0.271 e. The van der Waals surface area contributed by atoms with Gasteiger partial charge in [-0.3, -0.25) is 9.10 Å². The van der Waals surface area contributed by atoms with Crippen molar-refractivity contribution in [2.45, 2.75) is 6.54 Å². The molecular weight excluding hydrogens is 422 g/mol. The van der Waals surface area contributed by atoms with Crippen LogP contribution in [0.3, 0.4) is 0 Å². The van der Waals surface area contributed by atoms with Gasteiger partial charge in [-0.1, -0.05) is 54.1 Å². The second kappa shape index (κ2) is 9.56. The van der Waals surface area contributed by atoms with Crippen molar-refractivity contribution in [3.63, 3.8) is 0 Å². The van der Waals surface area contributed by atoms with E-state index in [1.54, 1.807) is 66.7 Å². The number of halogens is 1. The lowest BCUT2D eigenvalue weighted by atomic mass is 10.1. The van der Waals surface area contributed by atoms with Crippen molar-refractivity contribution in [2.24, 2.45) is 5.10 Å². The summed E-state index contributed by atoms with van der Waals surface area (Å²) in [6, 6.07) is 22.6. The molecule has 0 spiro atoms. The normalized spacial score (nSPS) is 11.4. The molecule has 0 saturated carbocycles. The Bertz CT molecular complexity index is 1150. The summed E-state index contributed by atoms with van der Waals surface area (Å²) in [4.78, 5) is 12.3. The van der Waals surface area contributed by atoms with Gasteiger partial charge in [-0.25, -0.2) is 13.8 Å². The molecule has 0 aliphatic heterocycles. The average Bonchev–Trinajstić information content (AvgIpc) is 2.72. The molecule has 3 aromatic rings. The van der Waals surface area contributed by atoms with Gasteiger partial charge in [-0.05, 0) is 47.5 Å². The van der Waals surface area contributed by atoms with Gasteiger partial charge < -0.3 is 0 Å². The van der Waals surface area contributed by atoms with E-state index in [0.29, 0.717) is 16.3 Å². The van der Waals surface area contributed by atoms with Gasteiger partial charge >= 0.3 is 0 Å². The molecule has 0 saturated heterocycles. The van der Waals surface area contributed by atoms with Crippen molar-refractivity contribution < 1.29 is 13.2 Å². The second-order valence-corrected chi connectivity index (χ2v) is 8.90. The molecule has 0 fully saturated rings. The Kier molecular flexibility index (Phi) is 6.87. The van der Waals surface area contributed by atoms with E-state index in [-0.39, 0.29) is 12.5 Å². The number of hydrogen-bond acceptors (Lipinski definition) is 4. The average molecular weight is 442 g/mol. The molecule has 0 heterocycles. The molecule has 0 aromatic heterocycles. The Labute approximate surface area is 180 Å². The van der Waals surface area contributed by atoms with E-state index < -0.39 is 10.0 Å². The lowest BCUT2D eigenvalue weighted by molar-refractivity contribution is 0.0955. The quantitative estimate of drug-likeness (QED) is 0.443. The number of hydrogen-bond donors (Lipinski definition) is 1. The van der Waals surface area contributed by atoms with Crippen LogP contribution in [0.4, 0.5) is 5.69 Å². The van der Waals surface area contributed by atoms with Crippen LogP contribution >= 0.6 is 11.6 Å². The molecule has 0 radical (unpaired) electrons. The Hall–Kier alpha value is -3.16. The van der Waals surface area contributed by atoms with Crippen LogP contribution in [0.25, 0.3) is 0 Å². The topological polar surface area (TPSA) is 78.8 Å². The van der Waals surface area contributed by atoms with Crippen molar-refractivity contribution >= 4 is 39.4 Å². The van der Waals surface area contributed by atoms with Crippen molar-refractivity contribution in [2.75, 3.05) is 10.6 Å². The number of para-hydroxylation sites is 1. The maximum atomic E-state index is 12.3. The molecule has 0 bridgehead atoms. The summed E-state index contributed by atoms with van der Waals surface area (Å²) < 4.78 is 25.7. The van der Waals surface area contributed by atoms with E-state index in [1.165, 1.54) is 16.8 Å². The monoisotopic (exact) mass is 441 g/mol.